The Morgan fingerprint density at radius 3 is 2.52 bits per heavy atom. The Balaban J connectivity index is 1.29. The molecule has 168 valence electrons. The second kappa shape index (κ2) is 11.2. The van der Waals surface area contributed by atoms with Crippen LogP contribution in [0.2, 0.25) is 0 Å². The Morgan fingerprint density at radius 2 is 1.82 bits per heavy atom. The van der Waals surface area contributed by atoms with Gasteiger partial charge >= 0.3 is 0 Å². The molecule has 0 radical (unpaired) electrons. The first-order chi connectivity index (χ1) is 16.1. The molecule has 0 aliphatic carbocycles. The van der Waals surface area contributed by atoms with Gasteiger partial charge in [-0.05, 0) is 59.5 Å². The van der Waals surface area contributed by atoms with Gasteiger partial charge in [0.15, 0.2) is 5.16 Å². The van der Waals surface area contributed by atoms with E-state index >= 15 is 0 Å². The molecule has 0 spiro atoms. The van der Waals surface area contributed by atoms with Gasteiger partial charge in [-0.25, -0.2) is 0 Å². The van der Waals surface area contributed by atoms with Crippen LogP contribution in [0.15, 0.2) is 89.4 Å². The highest BCUT2D eigenvalue weighted by Crippen LogP contribution is 2.25. The van der Waals surface area contributed by atoms with E-state index in [4.69, 9.17) is 0 Å². The number of carbonyl (C=O) groups is 1. The lowest BCUT2D eigenvalue weighted by Gasteiger charge is -2.09. The van der Waals surface area contributed by atoms with Gasteiger partial charge in [0.1, 0.15) is 6.33 Å². The summed E-state index contributed by atoms with van der Waals surface area (Å²) in [7, 11) is 0. The largest absolute Gasteiger partial charge is 0.325 e. The molecule has 0 bridgehead atoms. The number of hydrogen-bond donors (Lipinski definition) is 1. The van der Waals surface area contributed by atoms with Crippen molar-refractivity contribution in [3.63, 3.8) is 0 Å². The van der Waals surface area contributed by atoms with Crippen molar-refractivity contribution in [1.29, 1.82) is 0 Å². The third-order valence-electron chi connectivity index (χ3n) is 4.95. The van der Waals surface area contributed by atoms with Gasteiger partial charge in [0, 0.05) is 34.4 Å². The van der Waals surface area contributed by atoms with Crippen molar-refractivity contribution >= 4 is 35.1 Å². The van der Waals surface area contributed by atoms with Crippen molar-refractivity contribution in [3.05, 3.63) is 90.5 Å². The Hall–Kier alpha value is -3.10. The number of nitrogens with one attached hydrogen (secondary N) is 1. The van der Waals surface area contributed by atoms with Crippen LogP contribution in [0, 0.1) is 0 Å². The van der Waals surface area contributed by atoms with Crippen molar-refractivity contribution in [2.75, 3.05) is 11.1 Å². The maximum absolute atomic E-state index is 12.5. The molecule has 0 unspecified atom stereocenters. The molecule has 0 aliphatic rings. The minimum Gasteiger partial charge on any atom is -0.325 e. The highest BCUT2D eigenvalue weighted by Gasteiger charge is 2.11. The van der Waals surface area contributed by atoms with Crippen LogP contribution in [-0.4, -0.2) is 31.4 Å². The average molecular weight is 476 g/mol. The summed E-state index contributed by atoms with van der Waals surface area (Å²) in [5.41, 5.74) is 4.21. The van der Waals surface area contributed by atoms with Crippen molar-refractivity contribution in [3.8, 4) is 5.69 Å². The highest BCUT2D eigenvalue weighted by molar-refractivity contribution is 7.99. The van der Waals surface area contributed by atoms with Crippen LogP contribution >= 0.6 is 23.5 Å². The number of rotatable bonds is 9. The maximum atomic E-state index is 12.5. The van der Waals surface area contributed by atoms with E-state index < -0.39 is 0 Å². The molecule has 0 aliphatic heterocycles. The second-order valence-corrected chi connectivity index (χ2v) is 9.73. The maximum Gasteiger partial charge on any atom is 0.234 e. The Bertz CT molecular complexity index is 1180. The van der Waals surface area contributed by atoms with Crippen LogP contribution in [0.25, 0.3) is 5.69 Å². The van der Waals surface area contributed by atoms with E-state index in [2.05, 4.69) is 64.7 Å². The molecule has 8 heteroatoms. The van der Waals surface area contributed by atoms with E-state index in [-0.39, 0.29) is 11.7 Å². The summed E-state index contributed by atoms with van der Waals surface area (Å²) in [6.45, 7) is 4.34. The number of hydrogen-bond acceptors (Lipinski definition) is 6. The lowest BCUT2D eigenvalue weighted by molar-refractivity contribution is -0.113. The summed E-state index contributed by atoms with van der Waals surface area (Å²) in [6, 6.07) is 20.2. The molecule has 0 saturated heterocycles. The molecule has 0 saturated carbocycles. The third kappa shape index (κ3) is 6.46. The topological polar surface area (TPSA) is 72.7 Å². The number of carbonyl (C=O) groups excluding carboxylic acids is 1. The molecule has 6 nitrogen and oxygen atoms in total. The van der Waals surface area contributed by atoms with Gasteiger partial charge in [0.05, 0.1) is 5.75 Å². The quantitative estimate of drug-likeness (QED) is 0.308. The number of amides is 1. The Morgan fingerprint density at radius 1 is 1.03 bits per heavy atom. The van der Waals surface area contributed by atoms with Gasteiger partial charge in [-0.15, -0.1) is 22.0 Å². The predicted molar refractivity (Wildman–Crippen MR) is 135 cm³/mol. The average Bonchev–Trinajstić information content (AvgIpc) is 3.32. The number of aromatic nitrogens is 4. The normalized spacial score (nSPS) is 11.0. The highest BCUT2D eigenvalue weighted by atomic mass is 32.2. The molecule has 1 amide bonds. The zero-order valence-electron chi connectivity index (χ0n) is 18.5. The number of nitrogens with zero attached hydrogens (tertiary/aromatic N) is 4. The van der Waals surface area contributed by atoms with Gasteiger partial charge in [-0.2, -0.15) is 0 Å². The van der Waals surface area contributed by atoms with Crippen molar-refractivity contribution in [1.82, 2.24) is 19.7 Å². The number of anilines is 1. The predicted octanol–water partition coefficient (Wildman–Crippen LogP) is 5.81. The lowest BCUT2D eigenvalue weighted by Crippen LogP contribution is -2.14. The Kier molecular flexibility index (Phi) is 7.80. The third-order valence-corrected chi connectivity index (χ3v) is 6.98. The van der Waals surface area contributed by atoms with E-state index in [0.29, 0.717) is 11.1 Å². The van der Waals surface area contributed by atoms with E-state index in [9.17, 15) is 4.79 Å². The van der Waals surface area contributed by atoms with E-state index in [1.807, 2.05) is 41.1 Å². The fraction of sp³-hybridized carbons (Fsp3) is 0.200. The van der Waals surface area contributed by atoms with Gasteiger partial charge in [-0.1, -0.05) is 43.8 Å². The monoisotopic (exact) mass is 475 g/mol. The Labute approximate surface area is 202 Å². The van der Waals surface area contributed by atoms with E-state index in [0.717, 1.165) is 22.0 Å². The summed E-state index contributed by atoms with van der Waals surface area (Å²) >= 11 is 3.10. The van der Waals surface area contributed by atoms with Crippen LogP contribution in [0.4, 0.5) is 5.69 Å². The molecule has 2 aromatic carbocycles. The van der Waals surface area contributed by atoms with E-state index in [1.54, 1.807) is 24.3 Å². The summed E-state index contributed by atoms with van der Waals surface area (Å²) in [5, 5.41) is 11.8. The zero-order valence-corrected chi connectivity index (χ0v) is 20.1. The molecule has 1 N–H and O–H groups in total. The molecular formula is C25H25N5OS2. The standard InChI is InChI=1S/C25H25N5OS2/c1-18(2)20-5-9-22(10-6-20)30-17-27-29-25(30)33-16-24(31)28-21-7-11-23(12-8-21)32-15-19-4-3-13-26-14-19/h3-14,17-18H,15-16H2,1-2H3,(H,28,31). The fourth-order valence-corrected chi connectivity index (χ4v) is 4.69. The van der Waals surface area contributed by atoms with Gasteiger partial charge in [-0.3, -0.25) is 14.3 Å². The van der Waals surface area contributed by atoms with Crippen LogP contribution in [0.5, 0.6) is 0 Å². The van der Waals surface area contributed by atoms with Crippen LogP contribution in [0.1, 0.15) is 30.9 Å². The number of thioether (sulfide) groups is 2. The molecule has 0 atom stereocenters. The SMILES string of the molecule is CC(C)c1ccc(-n2cnnc2SCC(=O)Nc2ccc(SCc3cccnc3)cc2)cc1. The molecular weight excluding hydrogens is 450 g/mol. The fourth-order valence-electron chi connectivity index (χ4n) is 3.13. The first-order valence-corrected chi connectivity index (χ1v) is 12.6. The van der Waals surface area contributed by atoms with Gasteiger partial charge in [0.2, 0.25) is 5.91 Å². The molecule has 4 rings (SSSR count). The van der Waals surface area contributed by atoms with Gasteiger partial charge < -0.3 is 5.32 Å². The second-order valence-electron chi connectivity index (χ2n) is 7.74. The van der Waals surface area contributed by atoms with Crippen molar-refractivity contribution in [2.24, 2.45) is 0 Å². The van der Waals surface area contributed by atoms with Crippen molar-refractivity contribution in [2.45, 2.75) is 35.6 Å². The van der Waals surface area contributed by atoms with Gasteiger partial charge in [0.25, 0.3) is 0 Å². The molecule has 2 heterocycles. The molecule has 2 aromatic heterocycles. The summed E-state index contributed by atoms with van der Waals surface area (Å²) in [6.07, 6.45) is 5.32. The first-order valence-electron chi connectivity index (χ1n) is 10.6. The summed E-state index contributed by atoms with van der Waals surface area (Å²) < 4.78 is 1.90. The summed E-state index contributed by atoms with van der Waals surface area (Å²) in [5.74, 6) is 1.50. The zero-order chi connectivity index (χ0) is 23.0. The minimum atomic E-state index is -0.0829. The summed E-state index contributed by atoms with van der Waals surface area (Å²) in [4.78, 5) is 17.7. The minimum absolute atomic E-state index is 0.0829. The first kappa shape index (κ1) is 23.1. The molecule has 33 heavy (non-hydrogen) atoms. The number of pyridine rings is 1. The smallest absolute Gasteiger partial charge is 0.234 e. The van der Waals surface area contributed by atoms with Crippen LogP contribution in [-0.2, 0) is 10.5 Å². The lowest BCUT2D eigenvalue weighted by atomic mass is 10.0. The van der Waals surface area contributed by atoms with Crippen LogP contribution in [0.3, 0.4) is 0 Å². The molecule has 0 fully saturated rings. The number of benzene rings is 2. The van der Waals surface area contributed by atoms with Crippen molar-refractivity contribution < 1.29 is 4.79 Å². The van der Waals surface area contributed by atoms with Crippen LogP contribution < -0.4 is 5.32 Å². The molecule has 4 aromatic rings. The van der Waals surface area contributed by atoms with E-state index in [1.165, 1.54) is 22.9 Å².